The van der Waals surface area contributed by atoms with Gasteiger partial charge in [-0.15, -0.1) is 0 Å². The topological polar surface area (TPSA) is 67.4 Å². The Morgan fingerprint density at radius 1 is 1.11 bits per heavy atom. The Balaban J connectivity index is 1.50. The van der Waals surface area contributed by atoms with Gasteiger partial charge in [0, 0.05) is 17.3 Å². The van der Waals surface area contributed by atoms with Gasteiger partial charge in [0.2, 0.25) is 11.8 Å². The third-order valence-corrected chi connectivity index (χ3v) is 5.75. The molecule has 0 spiro atoms. The normalized spacial score (nSPS) is 25.3. The van der Waals surface area contributed by atoms with Gasteiger partial charge in [-0.1, -0.05) is 33.3 Å². The summed E-state index contributed by atoms with van der Waals surface area (Å²) in [5.74, 6) is 1.81. The van der Waals surface area contributed by atoms with E-state index in [9.17, 15) is 9.59 Å². The molecule has 3 rings (SSSR count). The van der Waals surface area contributed by atoms with Gasteiger partial charge in [0.25, 0.3) is 0 Å². The molecule has 2 fully saturated rings. The van der Waals surface area contributed by atoms with Gasteiger partial charge in [-0.2, -0.15) is 0 Å². The Morgan fingerprint density at radius 3 is 2.48 bits per heavy atom. The van der Waals surface area contributed by atoms with Gasteiger partial charge in [0.15, 0.2) is 0 Å². The molecule has 2 aliphatic rings. The molecule has 0 bridgehead atoms. The van der Waals surface area contributed by atoms with Crippen LogP contribution in [0.15, 0.2) is 24.3 Å². The molecule has 5 heteroatoms. The third-order valence-electron chi connectivity index (χ3n) is 5.75. The largest absolute Gasteiger partial charge is 0.368 e. The van der Waals surface area contributed by atoms with Crippen molar-refractivity contribution in [1.29, 1.82) is 0 Å². The van der Waals surface area contributed by atoms with Gasteiger partial charge in [-0.25, -0.2) is 0 Å². The molecule has 1 aromatic rings. The number of hydrogen-bond donors (Lipinski definition) is 2. The molecule has 1 aromatic carbocycles. The molecule has 0 aromatic heterocycles. The summed E-state index contributed by atoms with van der Waals surface area (Å²) in [5.41, 5.74) is 1.39. The quantitative estimate of drug-likeness (QED) is 0.743. The molecule has 2 saturated carbocycles. The van der Waals surface area contributed by atoms with Crippen LogP contribution in [0.5, 0.6) is 0 Å². The fourth-order valence-electron chi connectivity index (χ4n) is 3.95. The third kappa shape index (κ3) is 5.80. The summed E-state index contributed by atoms with van der Waals surface area (Å²) in [6, 6.07) is 7.28. The standard InChI is InChI=1S/C22H32N2O3/c1-14(2)19-10-7-15(3)11-20(19)27-13-21(25)23-17-5-4-6-18(12-17)24-22(26)16-8-9-16/h4-6,12,14-16,19-20H,7-11,13H2,1-3H3,(H,23,25)(H,24,26). The zero-order valence-corrected chi connectivity index (χ0v) is 16.7. The Bertz CT molecular complexity index is 669. The molecular weight excluding hydrogens is 340 g/mol. The molecule has 2 N–H and O–H groups in total. The van der Waals surface area contributed by atoms with Gasteiger partial charge in [-0.3, -0.25) is 9.59 Å². The molecule has 5 nitrogen and oxygen atoms in total. The van der Waals surface area contributed by atoms with Crippen LogP contribution in [0.4, 0.5) is 11.4 Å². The van der Waals surface area contributed by atoms with Crippen LogP contribution in [0.25, 0.3) is 0 Å². The summed E-state index contributed by atoms with van der Waals surface area (Å²) in [6.07, 6.45) is 5.54. The lowest BCUT2D eigenvalue weighted by molar-refractivity contribution is -0.126. The first-order valence-electron chi connectivity index (χ1n) is 10.2. The van der Waals surface area contributed by atoms with Crippen molar-refractivity contribution in [2.45, 2.75) is 59.0 Å². The van der Waals surface area contributed by atoms with E-state index < -0.39 is 0 Å². The van der Waals surface area contributed by atoms with Crippen LogP contribution in [-0.4, -0.2) is 24.5 Å². The second kappa shape index (κ2) is 8.87. The average Bonchev–Trinajstić information content (AvgIpc) is 3.45. The van der Waals surface area contributed by atoms with Gasteiger partial charge in [0.05, 0.1) is 6.10 Å². The number of amides is 2. The lowest BCUT2D eigenvalue weighted by Crippen LogP contribution is -2.36. The van der Waals surface area contributed by atoms with Crippen LogP contribution in [0, 0.1) is 23.7 Å². The summed E-state index contributed by atoms with van der Waals surface area (Å²) in [7, 11) is 0. The van der Waals surface area contributed by atoms with Crippen molar-refractivity contribution >= 4 is 23.2 Å². The first-order chi connectivity index (χ1) is 12.9. The smallest absolute Gasteiger partial charge is 0.250 e. The number of ether oxygens (including phenoxy) is 1. The Labute approximate surface area is 162 Å². The number of carbonyl (C=O) groups excluding carboxylic acids is 2. The molecule has 3 atom stereocenters. The van der Waals surface area contributed by atoms with Crippen molar-refractivity contribution in [3.63, 3.8) is 0 Å². The van der Waals surface area contributed by atoms with Crippen LogP contribution in [0.3, 0.4) is 0 Å². The van der Waals surface area contributed by atoms with E-state index in [1.165, 1.54) is 12.8 Å². The van der Waals surface area contributed by atoms with Gasteiger partial charge in [0.1, 0.15) is 6.61 Å². The maximum atomic E-state index is 12.3. The van der Waals surface area contributed by atoms with Crippen LogP contribution in [0.2, 0.25) is 0 Å². The SMILES string of the molecule is CC1CCC(C(C)C)C(OCC(=O)Nc2cccc(NC(=O)C3CC3)c2)C1. The van der Waals surface area contributed by atoms with Gasteiger partial charge in [-0.05, 0) is 61.6 Å². The predicted molar refractivity (Wildman–Crippen MR) is 108 cm³/mol. The second-order valence-electron chi connectivity index (χ2n) is 8.57. The van der Waals surface area contributed by atoms with E-state index in [0.29, 0.717) is 29.1 Å². The van der Waals surface area contributed by atoms with Crippen molar-refractivity contribution < 1.29 is 14.3 Å². The molecule has 2 aliphatic carbocycles. The van der Waals surface area contributed by atoms with Gasteiger partial charge >= 0.3 is 0 Å². The highest BCUT2D eigenvalue weighted by Gasteiger charge is 2.32. The number of benzene rings is 1. The predicted octanol–water partition coefficient (Wildman–Crippen LogP) is 4.45. The van der Waals surface area contributed by atoms with Gasteiger partial charge < -0.3 is 15.4 Å². The lowest BCUT2D eigenvalue weighted by atomic mass is 9.75. The lowest BCUT2D eigenvalue weighted by Gasteiger charge is -2.37. The van der Waals surface area contributed by atoms with E-state index in [0.717, 1.165) is 19.3 Å². The van der Waals surface area contributed by atoms with Crippen molar-refractivity contribution in [3.8, 4) is 0 Å². The Kier molecular flexibility index (Phi) is 6.53. The maximum absolute atomic E-state index is 12.3. The highest BCUT2D eigenvalue weighted by molar-refractivity contribution is 5.96. The van der Waals surface area contributed by atoms with Crippen LogP contribution in [-0.2, 0) is 14.3 Å². The van der Waals surface area contributed by atoms with E-state index >= 15 is 0 Å². The molecule has 27 heavy (non-hydrogen) atoms. The fourth-order valence-corrected chi connectivity index (χ4v) is 3.95. The molecule has 0 saturated heterocycles. The van der Waals surface area contributed by atoms with Crippen molar-refractivity contribution in [1.82, 2.24) is 0 Å². The second-order valence-corrected chi connectivity index (χ2v) is 8.57. The number of anilines is 2. The summed E-state index contributed by atoms with van der Waals surface area (Å²) >= 11 is 0. The molecule has 148 valence electrons. The highest BCUT2D eigenvalue weighted by atomic mass is 16.5. The minimum Gasteiger partial charge on any atom is -0.368 e. The van der Waals surface area contributed by atoms with E-state index in [2.05, 4.69) is 31.4 Å². The Morgan fingerprint density at radius 2 is 1.81 bits per heavy atom. The van der Waals surface area contributed by atoms with Crippen LogP contribution in [0.1, 0.15) is 52.9 Å². The first-order valence-corrected chi connectivity index (χ1v) is 10.2. The summed E-state index contributed by atoms with van der Waals surface area (Å²) in [6.45, 7) is 6.80. The van der Waals surface area contributed by atoms with E-state index in [-0.39, 0.29) is 30.4 Å². The number of rotatable bonds is 7. The molecule has 0 heterocycles. The first kappa shape index (κ1) is 19.9. The zero-order valence-electron chi connectivity index (χ0n) is 16.7. The summed E-state index contributed by atoms with van der Waals surface area (Å²) in [5, 5.41) is 5.78. The van der Waals surface area contributed by atoms with E-state index in [1.807, 2.05) is 18.2 Å². The highest BCUT2D eigenvalue weighted by Crippen LogP contribution is 2.35. The van der Waals surface area contributed by atoms with Crippen molar-refractivity contribution in [2.75, 3.05) is 17.2 Å². The Hall–Kier alpha value is -1.88. The molecule has 0 aliphatic heterocycles. The minimum absolute atomic E-state index is 0.0629. The maximum Gasteiger partial charge on any atom is 0.250 e. The molecule has 0 radical (unpaired) electrons. The number of carbonyl (C=O) groups is 2. The molecule has 3 unspecified atom stereocenters. The summed E-state index contributed by atoms with van der Waals surface area (Å²) < 4.78 is 6.01. The number of hydrogen-bond acceptors (Lipinski definition) is 3. The number of nitrogens with one attached hydrogen (secondary N) is 2. The van der Waals surface area contributed by atoms with E-state index in [4.69, 9.17) is 4.74 Å². The minimum atomic E-state index is -0.151. The fraction of sp³-hybridized carbons (Fsp3) is 0.636. The molecular formula is C22H32N2O3. The van der Waals surface area contributed by atoms with Crippen LogP contribution >= 0.6 is 0 Å². The zero-order chi connectivity index (χ0) is 19.4. The van der Waals surface area contributed by atoms with Crippen molar-refractivity contribution in [3.05, 3.63) is 24.3 Å². The van der Waals surface area contributed by atoms with Crippen LogP contribution < -0.4 is 10.6 Å². The van der Waals surface area contributed by atoms with Crippen molar-refractivity contribution in [2.24, 2.45) is 23.7 Å². The monoisotopic (exact) mass is 372 g/mol. The van der Waals surface area contributed by atoms with E-state index in [1.54, 1.807) is 6.07 Å². The summed E-state index contributed by atoms with van der Waals surface area (Å²) in [4.78, 5) is 24.2. The molecule has 2 amide bonds. The average molecular weight is 373 g/mol.